The lowest BCUT2D eigenvalue weighted by Crippen LogP contribution is -2.40. The lowest BCUT2D eigenvalue weighted by molar-refractivity contribution is 0.120. The van der Waals surface area contributed by atoms with E-state index in [9.17, 15) is 0 Å². The number of hydrogen-bond acceptors (Lipinski definition) is 2. The molecule has 0 bridgehead atoms. The van der Waals surface area contributed by atoms with Crippen molar-refractivity contribution in [2.45, 2.75) is 19.0 Å². The molecule has 1 atom stereocenters. The van der Waals surface area contributed by atoms with Crippen molar-refractivity contribution in [1.29, 1.82) is 0 Å². The molecule has 68 valence electrons. The molecule has 0 rings (SSSR count). The van der Waals surface area contributed by atoms with Crippen molar-refractivity contribution in [2.24, 2.45) is 0 Å². The Labute approximate surface area is 73.1 Å². The fraction of sp³-hybridized carbons (Fsp3) is 1.00. The van der Waals surface area contributed by atoms with Crippen LogP contribution in [-0.2, 0) is 0 Å². The Morgan fingerprint density at radius 2 is 1.55 bits per heavy atom. The quantitative estimate of drug-likeness (QED) is 0.457. The topological polar surface area (TPSA) is 6.48 Å². The van der Waals surface area contributed by atoms with E-state index in [2.05, 4.69) is 47.2 Å². The molecule has 0 aliphatic carbocycles. The van der Waals surface area contributed by atoms with E-state index >= 15 is 0 Å². The summed E-state index contributed by atoms with van der Waals surface area (Å²) in [6.45, 7) is 0. The molecule has 0 aliphatic rings. The zero-order valence-corrected chi connectivity index (χ0v) is 9.33. The molecule has 0 aromatic rings. The summed E-state index contributed by atoms with van der Waals surface area (Å²) < 4.78 is 0. The van der Waals surface area contributed by atoms with Gasteiger partial charge in [0.05, 0.1) is 6.17 Å². The average Bonchev–Trinajstić information content (AvgIpc) is 1.87. The normalized spacial score (nSPS) is 12.0. The minimum absolute atomic E-state index is 0.593. The van der Waals surface area contributed by atoms with E-state index in [1.165, 1.54) is 19.0 Å². The van der Waals surface area contributed by atoms with E-state index in [4.69, 9.17) is 0 Å². The van der Waals surface area contributed by atoms with Gasteiger partial charge in [0.15, 0.2) is 0 Å². The Morgan fingerprint density at radius 1 is 1.09 bits per heavy atom. The zero-order chi connectivity index (χ0) is 8.85. The van der Waals surface area contributed by atoms with Crippen LogP contribution in [0, 0.1) is 0 Å². The third-order valence-corrected chi connectivity index (χ3v) is 2.27. The van der Waals surface area contributed by atoms with Crippen LogP contribution in [0.5, 0.6) is 0 Å². The fourth-order valence-corrected chi connectivity index (χ4v) is 1.51. The molecule has 11 heavy (non-hydrogen) atoms. The number of rotatable bonds is 5. The second-order valence-electron chi connectivity index (χ2n) is 3.34. The Balaban J connectivity index is 3.70. The maximum absolute atomic E-state index is 2.77. The predicted octanol–water partition coefficient (Wildman–Crippen LogP) is 1.09. The molecule has 3 heteroatoms. The first-order chi connectivity index (χ1) is 5.09. The van der Waals surface area contributed by atoms with Crippen LogP contribution < -0.4 is 0 Å². The molecule has 0 aromatic carbocycles. The third kappa shape index (κ3) is 4.73. The van der Waals surface area contributed by atoms with Gasteiger partial charge in [0, 0.05) is 0 Å². The van der Waals surface area contributed by atoms with Crippen molar-refractivity contribution in [3.63, 3.8) is 0 Å². The summed E-state index contributed by atoms with van der Waals surface area (Å²) >= 11 is 0. The molecule has 0 saturated heterocycles. The number of nitrogens with zero attached hydrogens (tertiary/aromatic N) is 2. The van der Waals surface area contributed by atoms with E-state index in [0.717, 1.165) is 0 Å². The minimum atomic E-state index is 0.593. The average molecular weight is 176 g/mol. The summed E-state index contributed by atoms with van der Waals surface area (Å²) in [5.41, 5.74) is 0. The second-order valence-corrected chi connectivity index (χ2v) is 3.92. The Kier molecular flexibility index (Phi) is 6.12. The summed E-state index contributed by atoms with van der Waals surface area (Å²) in [7, 11) is 11.3. The Hall–Kier alpha value is 0.350. The molecular weight excluding hydrogens is 155 g/mol. The molecule has 0 amide bonds. The van der Waals surface area contributed by atoms with Gasteiger partial charge in [0.25, 0.3) is 0 Å². The predicted molar refractivity (Wildman–Crippen MR) is 55.0 cm³/mol. The van der Waals surface area contributed by atoms with Gasteiger partial charge in [-0.15, -0.1) is 9.24 Å². The van der Waals surface area contributed by atoms with Gasteiger partial charge in [-0.3, -0.25) is 9.80 Å². The zero-order valence-electron chi connectivity index (χ0n) is 8.17. The molecule has 0 fully saturated rings. The first-order valence-corrected chi connectivity index (χ1v) is 4.94. The van der Waals surface area contributed by atoms with E-state index in [1.54, 1.807) is 0 Å². The van der Waals surface area contributed by atoms with Gasteiger partial charge in [-0.1, -0.05) is 0 Å². The van der Waals surface area contributed by atoms with Gasteiger partial charge in [0.1, 0.15) is 0 Å². The summed E-state index contributed by atoms with van der Waals surface area (Å²) in [5, 5.41) is 0. The highest BCUT2D eigenvalue weighted by Gasteiger charge is 2.11. The van der Waals surface area contributed by atoms with Crippen LogP contribution in [-0.4, -0.2) is 50.3 Å². The van der Waals surface area contributed by atoms with Gasteiger partial charge in [-0.2, -0.15) is 0 Å². The lowest BCUT2D eigenvalue weighted by Gasteiger charge is -2.30. The van der Waals surface area contributed by atoms with Gasteiger partial charge in [0.2, 0.25) is 0 Å². The van der Waals surface area contributed by atoms with Crippen molar-refractivity contribution in [1.82, 2.24) is 9.80 Å². The van der Waals surface area contributed by atoms with Crippen LogP contribution in [0.25, 0.3) is 0 Å². The van der Waals surface area contributed by atoms with E-state index in [-0.39, 0.29) is 0 Å². The molecule has 0 aromatic heterocycles. The van der Waals surface area contributed by atoms with E-state index in [0.29, 0.717) is 6.17 Å². The molecule has 0 spiro atoms. The van der Waals surface area contributed by atoms with Crippen LogP contribution in [0.4, 0.5) is 0 Å². The third-order valence-electron chi connectivity index (χ3n) is 1.86. The highest BCUT2D eigenvalue weighted by atomic mass is 31.0. The molecule has 0 saturated carbocycles. The van der Waals surface area contributed by atoms with Gasteiger partial charge in [-0.25, -0.2) is 0 Å². The highest BCUT2D eigenvalue weighted by molar-refractivity contribution is 7.16. The van der Waals surface area contributed by atoms with Gasteiger partial charge < -0.3 is 0 Å². The van der Waals surface area contributed by atoms with Crippen LogP contribution in [0.2, 0.25) is 0 Å². The first-order valence-electron chi connectivity index (χ1n) is 4.12. The highest BCUT2D eigenvalue weighted by Crippen LogP contribution is 2.06. The summed E-state index contributed by atoms with van der Waals surface area (Å²) in [6, 6.07) is 0. The molecule has 1 unspecified atom stereocenters. The SMILES string of the molecule is CN(C)C(CCCP)N(C)C. The van der Waals surface area contributed by atoms with Crippen molar-refractivity contribution in [3.8, 4) is 0 Å². The smallest absolute Gasteiger partial charge is 0.0612 e. The maximum atomic E-state index is 2.77. The molecule has 0 radical (unpaired) electrons. The Morgan fingerprint density at radius 3 is 1.82 bits per heavy atom. The monoisotopic (exact) mass is 176 g/mol. The minimum Gasteiger partial charge on any atom is -0.294 e. The molecule has 0 heterocycles. The van der Waals surface area contributed by atoms with E-state index in [1.807, 2.05) is 0 Å². The fourth-order valence-electron chi connectivity index (χ4n) is 1.28. The Bertz CT molecular complexity index is 86.1. The van der Waals surface area contributed by atoms with Crippen molar-refractivity contribution in [2.75, 3.05) is 34.4 Å². The second kappa shape index (κ2) is 5.93. The van der Waals surface area contributed by atoms with Crippen molar-refractivity contribution >= 4 is 9.24 Å². The molecular formula is C8H21N2P. The lowest BCUT2D eigenvalue weighted by atomic mass is 10.2. The maximum Gasteiger partial charge on any atom is 0.0612 e. The number of hydrogen-bond donors (Lipinski definition) is 0. The van der Waals surface area contributed by atoms with Crippen LogP contribution >= 0.6 is 9.24 Å². The van der Waals surface area contributed by atoms with Crippen LogP contribution in [0.1, 0.15) is 12.8 Å². The summed E-state index contributed by atoms with van der Waals surface area (Å²) in [6.07, 6.45) is 4.34. The van der Waals surface area contributed by atoms with Crippen LogP contribution in [0.3, 0.4) is 0 Å². The van der Waals surface area contributed by atoms with Crippen LogP contribution in [0.15, 0.2) is 0 Å². The summed E-state index contributed by atoms with van der Waals surface area (Å²) in [5.74, 6) is 0. The van der Waals surface area contributed by atoms with Crippen molar-refractivity contribution < 1.29 is 0 Å². The van der Waals surface area contributed by atoms with Gasteiger partial charge in [-0.05, 0) is 47.2 Å². The largest absolute Gasteiger partial charge is 0.294 e. The first kappa shape index (κ1) is 11.4. The summed E-state index contributed by atoms with van der Waals surface area (Å²) in [4.78, 5) is 4.53. The van der Waals surface area contributed by atoms with E-state index < -0.39 is 0 Å². The molecule has 2 nitrogen and oxygen atoms in total. The molecule has 0 aliphatic heterocycles. The molecule has 0 N–H and O–H groups in total. The van der Waals surface area contributed by atoms with Gasteiger partial charge >= 0.3 is 0 Å². The standard InChI is InChI=1S/C8H21N2P/c1-9(2)8(10(3)4)6-5-7-11/h8H,5-7,11H2,1-4H3. The van der Waals surface area contributed by atoms with Crippen molar-refractivity contribution in [3.05, 3.63) is 0 Å².